The summed E-state index contributed by atoms with van der Waals surface area (Å²) in [5, 5.41) is 0. The molecule has 1 saturated heterocycles. The third-order valence-electron chi connectivity index (χ3n) is 1.09. The van der Waals surface area contributed by atoms with Crippen molar-refractivity contribution in [1.29, 1.82) is 0 Å². The van der Waals surface area contributed by atoms with E-state index in [-0.39, 0.29) is 0 Å². The maximum Gasteiger partial charge on any atom is 0.396 e. The molecule has 0 atom stereocenters. The molecule has 0 aliphatic carbocycles. The summed E-state index contributed by atoms with van der Waals surface area (Å²) in [5.41, 5.74) is 0. The van der Waals surface area contributed by atoms with E-state index in [2.05, 4.69) is 13.5 Å². The fraction of sp³-hybridized carbons (Fsp3) is 0.667. The van der Waals surface area contributed by atoms with Crippen molar-refractivity contribution in [2.45, 2.75) is 6.92 Å². The Balaban J connectivity index is 2.19. The van der Waals surface area contributed by atoms with Gasteiger partial charge >= 0.3 is 8.60 Å². The Bertz CT molecular complexity index is 110. The van der Waals surface area contributed by atoms with Gasteiger partial charge in [0.2, 0.25) is 0 Å². The van der Waals surface area contributed by atoms with E-state index >= 15 is 0 Å². The van der Waals surface area contributed by atoms with Crippen LogP contribution in [0.1, 0.15) is 6.92 Å². The Labute approximate surface area is 62.0 Å². The zero-order valence-corrected chi connectivity index (χ0v) is 6.84. The SMILES string of the molecule is C=COP1OCC(C)CO1. The second-order valence-electron chi connectivity index (χ2n) is 2.19. The van der Waals surface area contributed by atoms with Gasteiger partial charge in [-0.2, -0.15) is 0 Å². The smallest absolute Gasteiger partial charge is 0.396 e. The molecule has 0 bridgehead atoms. The first kappa shape index (κ1) is 7.99. The summed E-state index contributed by atoms with van der Waals surface area (Å²) >= 11 is 0. The van der Waals surface area contributed by atoms with Gasteiger partial charge in [0.05, 0.1) is 19.5 Å². The van der Waals surface area contributed by atoms with Gasteiger partial charge in [-0.25, -0.2) is 0 Å². The van der Waals surface area contributed by atoms with Crippen LogP contribution in [0.15, 0.2) is 12.8 Å². The first-order chi connectivity index (χ1) is 4.83. The van der Waals surface area contributed by atoms with E-state index < -0.39 is 8.60 Å². The quantitative estimate of drug-likeness (QED) is 0.459. The lowest BCUT2D eigenvalue weighted by Gasteiger charge is -2.23. The zero-order chi connectivity index (χ0) is 7.40. The Morgan fingerprint density at radius 3 is 2.70 bits per heavy atom. The molecule has 0 aromatic heterocycles. The molecule has 1 aliphatic heterocycles. The summed E-state index contributed by atoms with van der Waals surface area (Å²) in [5.74, 6) is 0.479. The zero-order valence-electron chi connectivity index (χ0n) is 5.95. The normalized spacial score (nSPS) is 33.3. The standard InChI is InChI=1S/C6H11O3P/c1-3-7-10-8-4-6(2)5-9-10/h3,6H,1,4-5H2,2H3. The predicted octanol–water partition coefficient (Wildman–Crippen LogP) is 2.06. The second-order valence-corrected chi connectivity index (χ2v) is 3.37. The second kappa shape index (κ2) is 3.91. The van der Waals surface area contributed by atoms with E-state index in [1.807, 2.05) is 0 Å². The molecule has 1 aliphatic rings. The van der Waals surface area contributed by atoms with Gasteiger partial charge in [0.1, 0.15) is 0 Å². The van der Waals surface area contributed by atoms with Crippen LogP contribution >= 0.6 is 8.60 Å². The summed E-state index contributed by atoms with van der Waals surface area (Å²) < 4.78 is 15.3. The van der Waals surface area contributed by atoms with E-state index in [0.29, 0.717) is 5.92 Å². The molecule has 0 radical (unpaired) electrons. The Morgan fingerprint density at radius 2 is 2.20 bits per heavy atom. The molecule has 0 aromatic carbocycles. The number of hydrogen-bond donors (Lipinski definition) is 0. The largest absolute Gasteiger partial charge is 0.435 e. The van der Waals surface area contributed by atoms with Crippen LogP contribution in [0.25, 0.3) is 0 Å². The summed E-state index contributed by atoms with van der Waals surface area (Å²) in [6, 6.07) is 0. The molecule has 1 fully saturated rings. The van der Waals surface area contributed by atoms with E-state index in [1.54, 1.807) is 0 Å². The average molecular weight is 162 g/mol. The highest BCUT2D eigenvalue weighted by Crippen LogP contribution is 2.43. The van der Waals surface area contributed by atoms with Crippen LogP contribution in [0, 0.1) is 5.92 Å². The number of hydrogen-bond acceptors (Lipinski definition) is 3. The van der Waals surface area contributed by atoms with Crippen LogP contribution in [-0.4, -0.2) is 13.2 Å². The van der Waals surface area contributed by atoms with Gasteiger partial charge in [-0.15, -0.1) is 0 Å². The van der Waals surface area contributed by atoms with E-state index in [9.17, 15) is 0 Å². The maximum atomic E-state index is 5.18. The van der Waals surface area contributed by atoms with Gasteiger partial charge in [0.25, 0.3) is 0 Å². The van der Waals surface area contributed by atoms with Crippen molar-refractivity contribution in [2.24, 2.45) is 5.92 Å². The van der Waals surface area contributed by atoms with Crippen molar-refractivity contribution in [3.8, 4) is 0 Å². The minimum Gasteiger partial charge on any atom is -0.435 e. The molecule has 0 amide bonds. The molecular weight excluding hydrogens is 151 g/mol. The minimum absolute atomic E-state index is 0.479. The summed E-state index contributed by atoms with van der Waals surface area (Å²) in [6.45, 7) is 6.92. The van der Waals surface area contributed by atoms with Crippen molar-refractivity contribution in [1.82, 2.24) is 0 Å². The van der Waals surface area contributed by atoms with Gasteiger partial charge in [0, 0.05) is 5.92 Å². The Hall–Kier alpha value is -0.110. The van der Waals surface area contributed by atoms with Gasteiger partial charge < -0.3 is 13.6 Å². The topological polar surface area (TPSA) is 27.7 Å². The van der Waals surface area contributed by atoms with Crippen LogP contribution < -0.4 is 0 Å². The first-order valence-corrected chi connectivity index (χ1v) is 4.26. The van der Waals surface area contributed by atoms with Gasteiger partial charge in [0.15, 0.2) is 0 Å². The molecule has 0 unspecified atom stereocenters. The summed E-state index contributed by atoms with van der Waals surface area (Å²) in [7, 11) is -1.12. The lowest BCUT2D eigenvalue weighted by Crippen LogP contribution is -2.16. The average Bonchev–Trinajstić information content (AvgIpc) is 1.95. The first-order valence-electron chi connectivity index (χ1n) is 3.16. The monoisotopic (exact) mass is 162 g/mol. The highest BCUT2D eigenvalue weighted by Gasteiger charge is 2.21. The molecule has 0 N–H and O–H groups in total. The summed E-state index contributed by atoms with van der Waals surface area (Å²) in [4.78, 5) is 0. The van der Waals surface area contributed by atoms with Crippen molar-refractivity contribution in [2.75, 3.05) is 13.2 Å². The Morgan fingerprint density at radius 1 is 1.60 bits per heavy atom. The fourth-order valence-corrected chi connectivity index (χ4v) is 1.65. The van der Waals surface area contributed by atoms with Gasteiger partial charge in [-0.05, 0) is 0 Å². The number of rotatable bonds is 2. The lowest BCUT2D eigenvalue weighted by atomic mass is 10.2. The van der Waals surface area contributed by atoms with Crippen LogP contribution in [-0.2, 0) is 13.6 Å². The molecule has 10 heavy (non-hydrogen) atoms. The molecule has 3 nitrogen and oxygen atoms in total. The molecule has 1 rings (SSSR count). The minimum atomic E-state index is -1.12. The van der Waals surface area contributed by atoms with Crippen molar-refractivity contribution in [3.05, 3.63) is 12.8 Å². The molecule has 0 aromatic rings. The van der Waals surface area contributed by atoms with Gasteiger partial charge in [-0.1, -0.05) is 13.5 Å². The van der Waals surface area contributed by atoms with Crippen LogP contribution in [0.4, 0.5) is 0 Å². The highest BCUT2D eigenvalue weighted by molar-refractivity contribution is 7.41. The molecule has 0 spiro atoms. The molecule has 58 valence electrons. The highest BCUT2D eigenvalue weighted by atomic mass is 31.2. The predicted molar refractivity (Wildman–Crippen MR) is 39.3 cm³/mol. The third-order valence-corrected chi connectivity index (χ3v) is 2.13. The van der Waals surface area contributed by atoms with Crippen LogP contribution in [0.3, 0.4) is 0 Å². The molecule has 0 saturated carbocycles. The molecule has 4 heteroatoms. The maximum absolute atomic E-state index is 5.18. The van der Waals surface area contributed by atoms with Crippen LogP contribution in [0.5, 0.6) is 0 Å². The molecule has 1 heterocycles. The lowest BCUT2D eigenvalue weighted by molar-refractivity contribution is 0.0956. The van der Waals surface area contributed by atoms with E-state index in [4.69, 9.17) is 13.6 Å². The Kier molecular flexibility index (Phi) is 3.13. The summed E-state index contributed by atoms with van der Waals surface area (Å²) in [6.07, 6.45) is 1.35. The molecular formula is C6H11O3P. The van der Waals surface area contributed by atoms with Gasteiger partial charge in [-0.3, -0.25) is 0 Å². The van der Waals surface area contributed by atoms with E-state index in [0.717, 1.165) is 13.2 Å². The van der Waals surface area contributed by atoms with Crippen LogP contribution in [0.2, 0.25) is 0 Å². The fourth-order valence-electron chi connectivity index (χ4n) is 0.583. The van der Waals surface area contributed by atoms with Crippen molar-refractivity contribution in [3.63, 3.8) is 0 Å². The third kappa shape index (κ3) is 2.25. The van der Waals surface area contributed by atoms with E-state index in [1.165, 1.54) is 6.26 Å². The van der Waals surface area contributed by atoms with Crippen molar-refractivity contribution < 1.29 is 13.6 Å². The van der Waals surface area contributed by atoms with Crippen molar-refractivity contribution >= 4 is 8.60 Å².